The number of Topliss-reactive ketones (excluding diaryl/α,β-unsaturated/α-hetero) is 1. The molecule has 0 spiro atoms. The van der Waals surface area contributed by atoms with Crippen molar-refractivity contribution in [1.29, 1.82) is 5.26 Å². The third-order valence-electron chi connectivity index (χ3n) is 1.69. The van der Waals surface area contributed by atoms with Gasteiger partial charge in [-0.3, -0.25) is 4.79 Å². The number of azo groups is 1. The van der Waals surface area contributed by atoms with Gasteiger partial charge in [-0.1, -0.05) is 0 Å². The highest BCUT2D eigenvalue weighted by Crippen LogP contribution is 2.31. The average molecular weight is 163 g/mol. The van der Waals surface area contributed by atoms with Gasteiger partial charge in [-0.2, -0.15) is 15.5 Å². The van der Waals surface area contributed by atoms with E-state index in [9.17, 15) is 4.79 Å². The second kappa shape index (κ2) is 2.52. The van der Waals surface area contributed by atoms with E-state index in [0.717, 1.165) is 0 Å². The topological polar surface area (TPSA) is 65.6 Å². The molecule has 1 aliphatic rings. The van der Waals surface area contributed by atoms with Gasteiger partial charge >= 0.3 is 0 Å². The molecule has 0 fully saturated rings. The first-order chi connectivity index (χ1) is 5.49. The smallest absolute Gasteiger partial charge is 0.181 e. The van der Waals surface area contributed by atoms with Crippen molar-refractivity contribution in [3.05, 3.63) is 11.3 Å². The number of ketones is 1. The zero-order valence-electron chi connectivity index (χ0n) is 7.25. The number of nitriles is 1. The Hall–Kier alpha value is -1.50. The molecule has 0 saturated heterocycles. The van der Waals surface area contributed by atoms with Gasteiger partial charge in [0, 0.05) is 6.92 Å². The van der Waals surface area contributed by atoms with Gasteiger partial charge in [0.2, 0.25) is 0 Å². The summed E-state index contributed by atoms with van der Waals surface area (Å²) in [6.07, 6.45) is 0. The highest BCUT2D eigenvalue weighted by molar-refractivity contribution is 5.95. The van der Waals surface area contributed by atoms with Crippen molar-refractivity contribution in [1.82, 2.24) is 0 Å². The quantitative estimate of drug-likeness (QED) is 0.589. The van der Waals surface area contributed by atoms with Crippen molar-refractivity contribution >= 4 is 5.78 Å². The summed E-state index contributed by atoms with van der Waals surface area (Å²) in [6, 6.07) is 1.96. The summed E-state index contributed by atoms with van der Waals surface area (Å²) in [5, 5.41) is 16.2. The Balaban J connectivity index is 3.24. The molecule has 0 unspecified atom stereocenters. The molecular weight excluding hydrogens is 154 g/mol. The molecule has 0 aromatic rings. The first-order valence-corrected chi connectivity index (χ1v) is 3.57. The molecule has 1 heterocycles. The van der Waals surface area contributed by atoms with Gasteiger partial charge in [0.25, 0.3) is 0 Å². The Morgan fingerprint density at radius 1 is 1.58 bits per heavy atom. The number of carbonyl (C=O) groups is 1. The monoisotopic (exact) mass is 163 g/mol. The van der Waals surface area contributed by atoms with Gasteiger partial charge in [0.05, 0.1) is 11.6 Å². The summed E-state index contributed by atoms with van der Waals surface area (Å²) in [4.78, 5) is 10.9. The van der Waals surface area contributed by atoms with E-state index in [1.165, 1.54) is 6.92 Å². The normalized spacial score (nSPS) is 19.5. The van der Waals surface area contributed by atoms with Gasteiger partial charge < -0.3 is 0 Å². The molecule has 12 heavy (non-hydrogen) atoms. The predicted molar refractivity (Wildman–Crippen MR) is 42.3 cm³/mol. The SMILES string of the molecule is CC(=O)C1=C(C#N)C(C)(C)N=N1. The Labute approximate surface area is 70.6 Å². The summed E-state index contributed by atoms with van der Waals surface area (Å²) in [5.74, 6) is -0.208. The fourth-order valence-corrected chi connectivity index (χ4v) is 1.00. The van der Waals surface area contributed by atoms with Crippen LogP contribution >= 0.6 is 0 Å². The van der Waals surface area contributed by atoms with Crippen molar-refractivity contribution < 1.29 is 4.79 Å². The van der Waals surface area contributed by atoms with Gasteiger partial charge in [-0.15, -0.1) is 0 Å². The third kappa shape index (κ3) is 1.14. The molecule has 0 aromatic carbocycles. The highest BCUT2D eigenvalue weighted by atomic mass is 16.1. The van der Waals surface area contributed by atoms with Crippen molar-refractivity contribution in [2.75, 3.05) is 0 Å². The second-order valence-electron chi connectivity index (χ2n) is 3.15. The van der Waals surface area contributed by atoms with Gasteiger partial charge in [-0.25, -0.2) is 0 Å². The number of carbonyl (C=O) groups excluding carboxylic acids is 1. The van der Waals surface area contributed by atoms with Crippen LogP contribution in [0.2, 0.25) is 0 Å². The van der Waals surface area contributed by atoms with E-state index < -0.39 is 5.54 Å². The first-order valence-electron chi connectivity index (χ1n) is 3.57. The van der Waals surface area contributed by atoms with Crippen LogP contribution in [-0.2, 0) is 4.79 Å². The predicted octanol–water partition coefficient (Wildman–Crippen LogP) is 1.60. The van der Waals surface area contributed by atoms with Crippen LogP contribution in [-0.4, -0.2) is 11.3 Å². The van der Waals surface area contributed by atoms with E-state index in [1.807, 2.05) is 6.07 Å². The summed E-state index contributed by atoms with van der Waals surface area (Å²) < 4.78 is 0. The molecule has 0 aliphatic carbocycles. The standard InChI is InChI=1S/C8H9N3O/c1-5(12)7-6(4-9)8(2,3)11-10-7/h1-3H3. The molecule has 4 nitrogen and oxygen atoms in total. The van der Waals surface area contributed by atoms with Crippen LogP contribution in [0.4, 0.5) is 0 Å². The molecule has 0 bridgehead atoms. The second-order valence-corrected chi connectivity index (χ2v) is 3.15. The summed E-state index contributed by atoms with van der Waals surface area (Å²) in [6.45, 7) is 4.89. The Kier molecular flexibility index (Phi) is 1.81. The van der Waals surface area contributed by atoms with Crippen LogP contribution in [0.15, 0.2) is 21.5 Å². The lowest BCUT2D eigenvalue weighted by Crippen LogP contribution is -2.17. The third-order valence-corrected chi connectivity index (χ3v) is 1.69. The first kappa shape index (κ1) is 8.60. The maximum atomic E-state index is 10.9. The largest absolute Gasteiger partial charge is 0.293 e. The van der Waals surface area contributed by atoms with Crippen LogP contribution in [0.5, 0.6) is 0 Å². The van der Waals surface area contributed by atoms with Crippen molar-refractivity contribution in [3.8, 4) is 6.07 Å². The molecule has 62 valence electrons. The minimum absolute atomic E-state index is 0.197. The lowest BCUT2D eigenvalue weighted by Gasteiger charge is -2.10. The number of allylic oxidation sites excluding steroid dienone is 1. The highest BCUT2D eigenvalue weighted by Gasteiger charge is 2.33. The van der Waals surface area contributed by atoms with E-state index >= 15 is 0 Å². The fraction of sp³-hybridized carbons (Fsp3) is 0.500. The van der Waals surface area contributed by atoms with Crippen LogP contribution in [0, 0.1) is 11.3 Å². The van der Waals surface area contributed by atoms with Gasteiger partial charge in [0.1, 0.15) is 11.2 Å². The van der Waals surface area contributed by atoms with E-state index in [0.29, 0.717) is 5.57 Å². The number of hydrogen-bond donors (Lipinski definition) is 0. The van der Waals surface area contributed by atoms with E-state index in [2.05, 4.69) is 10.2 Å². The minimum atomic E-state index is -0.629. The average Bonchev–Trinajstić information content (AvgIpc) is 2.24. The maximum Gasteiger partial charge on any atom is 0.181 e. The molecule has 0 saturated carbocycles. The van der Waals surface area contributed by atoms with Gasteiger partial charge in [-0.05, 0) is 13.8 Å². The molecule has 0 atom stereocenters. The molecule has 1 rings (SSSR count). The molecule has 0 amide bonds. The van der Waals surface area contributed by atoms with Crippen molar-refractivity contribution in [2.45, 2.75) is 26.3 Å². The van der Waals surface area contributed by atoms with E-state index in [-0.39, 0.29) is 11.5 Å². The molecular formula is C8H9N3O. The Bertz CT molecular complexity index is 331. The minimum Gasteiger partial charge on any atom is -0.293 e. The lowest BCUT2D eigenvalue weighted by atomic mass is 9.95. The van der Waals surface area contributed by atoms with Crippen LogP contribution in [0.25, 0.3) is 0 Å². The Morgan fingerprint density at radius 2 is 2.17 bits per heavy atom. The summed E-state index contributed by atoms with van der Waals surface area (Å²) >= 11 is 0. The molecule has 0 radical (unpaired) electrons. The van der Waals surface area contributed by atoms with Crippen molar-refractivity contribution in [3.63, 3.8) is 0 Å². The zero-order chi connectivity index (χ0) is 9.35. The molecule has 4 heteroatoms. The summed E-state index contributed by atoms with van der Waals surface area (Å²) in [7, 11) is 0. The Morgan fingerprint density at radius 3 is 2.50 bits per heavy atom. The van der Waals surface area contributed by atoms with E-state index in [1.54, 1.807) is 13.8 Å². The van der Waals surface area contributed by atoms with Gasteiger partial charge in [0.15, 0.2) is 5.78 Å². The zero-order valence-corrected chi connectivity index (χ0v) is 7.25. The summed E-state index contributed by atoms with van der Waals surface area (Å²) in [5.41, 5.74) is -0.0760. The fourth-order valence-electron chi connectivity index (χ4n) is 1.00. The maximum absolute atomic E-state index is 10.9. The number of hydrogen-bond acceptors (Lipinski definition) is 4. The van der Waals surface area contributed by atoms with Crippen molar-refractivity contribution in [2.24, 2.45) is 10.2 Å². The molecule has 1 aliphatic heterocycles. The lowest BCUT2D eigenvalue weighted by molar-refractivity contribution is -0.113. The van der Waals surface area contributed by atoms with Crippen LogP contribution < -0.4 is 0 Å². The van der Waals surface area contributed by atoms with Crippen LogP contribution in [0.1, 0.15) is 20.8 Å². The molecule has 0 aromatic heterocycles. The number of nitrogens with zero attached hydrogens (tertiary/aromatic N) is 3. The number of rotatable bonds is 1. The molecule has 0 N–H and O–H groups in total. The van der Waals surface area contributed by atoms with E-state index in [4.69, 9.17) is 5.26 Å². The van der Waals surface area contributed by atoms with Crippen LogP contribution in [0.3, 0.4) is 0 Å².